The van der Waals surface area contributed by atoms with Gasteiger partial charge >= 0.3 is 17.6 Å². The van der Waals surface area contributed by atoms with Crippen molar-refractivity contribution in [3.63, 3.8) is 0 Å². The highest BCUT2D eigenvalue weighted by Crippen LogP contribution is 2.29. The molecule has 10 heteroatoms. The Hall–Kier alpha value is -4.05. The van der Waals surface area contributed by atoms with Crippen LogP contribution in [0.2, 0.25) is 0 Å². The Morgan fingerprint density at radius 1 is 0.970 bits per heavy atom. The molecule has 0 spiro atoms. The summed E-state index contributed by atoms with van der Waals surface area (Å²) in [6.45, 7) is -0.0623. The van der Waals surface area contributed by atoms with E-state index in [9.17, 15) is 24.3 Å². The molecular formula is C23H18N2O7S. The van der Waals surface area contributed by atoms with Gasteiger partial charge in [-0.25, -0.2) is 14.2 Å². The summed E-state index contributed by atoms with van der Waals surface area (Å²) in [5, 5.41) is 18.9. The van der Waals surface area contributed by atoms with Gasteiger partial charge in [-0.15, -0.1) is 0 Å². The molecule has 33 heavy (non-hydrogen) atoms. The molecule has 4 rings (SSSR count). The third kappa shape index (κ3) is 4.60. The lowest BCUT2D eigenvalue weighted by Gasteiger charge is -2.18. The Labute approximate surface area is 190 Å². The zero-order valence-electron chi connectivity index (χ0n) is 17.1. The molecule has 168 valence electrons. The molecule has 0 fully saturated rings. The Balaban J connectivity index is 1.95. The monoisotopic (exact) mass is 466 g/mol. The molecule has 0 saturated heterocycles. The second-order valence-electron chi connectivity index (χ2n) is 7.17. The fourth-order valence-corrected chi connectivity index (χ4v) is 4.38. The van der Waals surface area contributed by atoms with Gasteiger partial charge in [0.1, 0.15) is 11.8 Å². The molecule has 0 radical (unpaired) electrons. The number of carbonyl (C=O) groups is 2. The molecule has 2 aromatic carbocycles. The van der Waals surface area contributed by atoms with Crippen LogP contribution >= 0.6 is 11.8 Å². The number of aromatic nitrogens is 2. The van der Waals surface area contributed by atoms with Gasteiger partial charge in [-0.1, -0.05) is 30.0 Å². The van der Waals surface area contributed by atoms with Crippen molar-refractivity contribution in [3.05, 3.63) is 93.5 Å². The Kier molecular flexibility index (Phi) is 6.18. The lowest BCUT2D eigenvalue weighted by molar-refractivity contribution is -0.147. The van der Waals surface area contributed by atoms with E-state index in [1.165, 1.54) is 22.6 Å². The highest BCUT2D eigenvalue weighted by Gasteiger charge is 2.28. The number of nitrogens with zero attached hydrogens (tertiary/aromatic N) is 2. The summed E-state index contributed by atoms with van der Waals surface area (Å²) in [5.41, 5.74) is -1.51. The van der Waals surface area contributed by atoms with Crippen LogP contribution in [0.3, 0.4) is 0 Å². The van der Waals surface area contributed by atoms with E-state index in [1.807, 2.05) is 30.3 Å². The normalized spacial score (nSPS) is 12.0. The van der Waals surface area contributed by atoms with Crippen LogP contribution < -0.4 is 11.2 Å². The summed E-state index contributed by atoms with van der Waals surface area (Å²) in [5.74, 6) is -2.62. The maximum atomic E-state index is 13.3. The second kappa shape index (κ2) is 9.21. The van der Waals surface area contributed by atoms with Crippen molar-refractivity contribution in [1.82, 2.24) is 9.13 Å². The summed E-state index contributed by atoms with van der Waals surface area (Å²) in [7, 11) is 0. The Bertz CT molecular complexity index is 1440. The number of benzene rings is 2. The van der Waals surface area contributed by atoms with Crippen molar-refractivity contribution in [3.8, 4) is 0 Å². The smallest absolute Gasteiger partial charge is 0.332 e. The van der Waals surface area contributed by atoms with Gasteiger partial charge in [0.25, 0.3) is 5.56 Å². The summed E-state index contributed by atoms with van der Waals surface area (Å²) in [4.78, 5) is 51.3. The van der Waals surface area contributed by atoms with E-state index in [0.29, 0.717) is 15.2 Å². The number of rotatable bonds is 8. The Morgan fingerprint density at radius 3 is 2.36 bits per heavy atom. The van der Waals surface area contributed by atoms with Gasteiger partial charge in [0, 0.05) is 9.79 Å². The van der Waals surface area contributed by atoms with E-state index >= 15 is 0 Å². The highest BCUT2D eigenvalue weighted by molar-refractivity contribution is 7.99. The SMILES string of the molecule is O=C(O)CC(C(=O)O)n1c(=O)c2cc(Sc3ccccc3)ccc2n(Cc2ccco2)c1=O. The maximum absolute atomic E-state index is 13.3. The van der Waals surface area contributed by atoms with Crippen LogP contribution in [0, 0.1) is 0 Å². The molecule has 0 aliphatic heterocycles. The molecule has 1 atom stereocenters. The Morgan fingerprint density at radius 2 is 1.73 bits per heavy atom. The van der Waals surface area contributed by atoms with Gasteiger partial charge in [0.15, 0.2) is 0 Å². The fourth-order valence-electron chi connectivity index (χ4n) is 3.50. The minimum absolute atomic E-state index is 0.0623. The van der Waals surface area contributed by atoms with Crippen LogP contribution in [0.5, 0.6) is 0 Å². The van der Waals surface area contributed by atoms with Gasteiger partial charge < -0.3 is 14.6 Å². The van der Waals surface area contributed by atoms with Crippen molar-refractivity contribution in [2.75, 3.05) is 0 Å². The molecule has 1 unspecified atom stereocenters. The van der Waals surface area contributed by atoms with Crippen LogP contribution in [0.15, 0.2) is 90.7 Å². The van der Waals surface area contributed by atoms with Crippen molar-refractivity contribution in [2.45, 2.75) is 28.8 Å². The molecule has 0 aliphatic carbocycles. The summed E-state index contributed by atoms with van der Waals surface area (Å²) >= 11 is 1.39. The maximum Gasteiger partial charge on any atom is 0.332 e. The third-order valence-electron chi connectivity index (χ3n) is 4.98. The molecule has 0 amide bonds. The highest BCUT2D eigenvalue weighted by atomic mass is 32.2. The van der Waals surface area contributed by atoms with E-state index in [1.54, 1.807) is 30.3 Å². The topological polar surface area (TPSA) is 132 Å². The lowest BCUT2D eigenvalue weighted by Crippen LogP contribution is -2.45. The van der Waals surface area contributed by atoms with E-state index in [-0.39, 0.29) is 17.4 Å². The van der Waals surface area contributed by atoms with Crippen LogP contribution in [-0.2, 0) is 16.1 Å². The first-order chi connectivity index (χ1) is 15.8. The standard InChI is InChI=1S/C23H18N2O7S/c26-20(27)12-19(22(29)30)25-21(28)17-11-16(33-15-6-2-1-3-7-15)8-9-18(17)24(23(25)31)13-14-5-4-10-32-14/h1-11,19H,12-13H2,(H,26,27)(H,29,30). The van der Waals surface area contributed by atoms with Crippen LogP contribution in [0.25, 0.3) is 10.9 Å². The van der Waals surface area contributed by atoms with Gasteiger partial charge in [-0.3, -0.25) is 14.2 Å². The number of carboxylic acid groups (broad SMARTS) is 2. The number of furan rings is 1. The molecule has 4 aromatic rings. The lowest BCUT2D eigenvalue weighted by atomic mass is 10.2. The second-order valence-corrected chi connectivity index (χ2v) is 8.32. The average molecular weight is 466 g/mol. The molecular weight excluding hydrogens is 448 g/mol. The first kappa shape index (κ1) is 22.2. The van der Waals surface area contributed by atoms with Gasteiger partial charge in [0.05, 0.1) is 30.1 Å². The molecule has 0 aliphatic rings. The zero-order chi connectivity index (χ0) is 23.5. The van der Waals surface area contributed by atoms with Gasteiger partial charge in [-0.2, -0.15) is 0 Å². The van der Waals surface area contributed by atoms with Crippen LogP contribution in [0.4, 0.5) is 0 Å². The van der Waals surface area contributed by atoms with Gasteiger partial charge in [-0.05, 0) is 42.5 Å². The van der Waals surface area contributed by atoms with Gasteiger partial charge in [0.2, 0.25) is 0 Å². The van der Waals surface area contributed by atoms with Crippen LogP contribution in [0.1, 0.15) is 18.2 Å². The fraction of sp³-hybridized carbons (Fsp3) is 0.130. The van der Waals surface area contributed by atoms with E-state index in [4.69, 9.17) is 9.52 Å². The van der Waals surface area contributed by atoms with E-state index in [2.05, 4.69) is 0 Å². The van der Waals surface area contributed by atoms with Crippen molar-refractivity contribution in [2.24, 2.45) is 0 Å². The molecule has 2 heterocycles. The van der Waals surface area contributed by atoms with Crippen molar-refractivity contribution >= 4 is 34.6 Å². The summed E-state index contributed by atoms with van der Waals surface area (Å²) < 4.78 is 7.04. The minimum Gasteiger partial charge on any atom is -0.481 e. The molecule has 2 aromatic heterocycles. The number of hydrogen-bond donors (Lipinski definition) is 2. The molecule has 9 nitrogen and oxygen atoms in total. The van der Waals surface area contributed by atoms with Crippen molar-refractivity contribution < 1.29 is 24.2 Å². The summed E-state index contributed by atoms with van der Waals surface area (Å²) in [6.07, 6.45) is 0.507. The number of fused-ring (bicyclic) bond motifs is 1. The van der Waals surface area contributed by atoms with Crippen LogP contribution in [-0.4, -0.2) is 31.3 Å². The zero-order valence-corrected chi connectivity index (χ0v) is 17.9. The number of aliphatic carboxylic acids is 2. The number of hydrogen-bond acceptors (Lipinski definition) is 6. The minimum atomic E-state index is -1.86. The summed E-state index contributed by atoms with van der Waals surface area (Å²) in [6, 6.07) is 15.8. The molecule has 2 N–H and O–H groups in total. The third-order valence-corrected chi connectivity index (χ3v) is 5.98. The first-order valence-corrected chi connectivity index (χ1v) is 10.7. The predicted molar refractivity (Wildman–Crippen MR) is 120 cm³/mol. The predicted octanol–water partition coefficient (Wildman–Crippen LogP) is 3.06. The largest absolute Gasteiger partial charge is 0.481 e. The van der Waals surface area contributed by atoms with E-state index in [0.717, 1.165) is 4.90 Å². The van der Waals surface area contributed by atoms with E-state index < -0.39 is 35.7 Å². The molecule has 0 saturated carbocycles. The average Bonchev–Trinajstić information content (AvgIpc) is 3.30. The van der Waals surface area contributed by atoms with Crippen molar-refractivity contribution in [1.29, 1.82) is 0 Å². The quantitative estimate of drug-likeness (QED) is 0.405. The molecule has 0 bridgehead atoms. The first-order valence-electron chi connectivity index (χ1n) is 9.84. The number of carboxylic acids is 2.